The van der Waals surface area contributed by atoms with E-state index in [4.69, 9.17) is 26.5 Å². The van der Waals surface area contributed by atoms with E-state index in [2.05, 4.69) is 131 Å². The van der Waals surface area contributed by atoms with E-state index < -0.39 is 0 Å². The molecule has 0 radical (unpaired) electrons. The molecule has 0 aliphatic rings. The van der Waals surface area contributed by atoms with E-state index >= 15 is 0 Å². The summed E-state index contributed by atoms with van der Waals surface area (Å²) < 4.78 is 2.35. The highest BCUT2D eigenvalue weighted by Gasteiger charge is 2.21. The van der Waals surface area contributed by atoms with Gasteiger partial charge in [0.1, 0.15) is 0 Å². The summed E-state index contributed by atoms with van der Waals surface area (Å²) in [5.41, 5.74) is 14.8. The van der Waals surface area contributed by atoms with Gasteiger partial charge in [0.25, 0.3) is 0 Å². The highest BCUT2D eigenvalue weighted by molar-refractivity contribution is 6.11. The SMILES string of the molecule is [C-]#[N+]c1ccc(-c2ccc3c(c2)c2ccccc2n3-c2ccc(-c3cc(-c4ccccc4)nc(-c4ccccc4)n3)cc2-c2cc(-c3ccccc3)nc(-c3ccccc3)n2)cc1. The summed E-state index contributed by atoms with van der Waals surface area (Å²) in [5, 5.41) is 2.26. The van der Waals surface area contributed by atoms with Crippen LogP contribution in [0.15, 0.2) is 218 Å². The number of para-hydroxylation sites is 1. The molecule has 0 amide bonds. The normalized spacial score (nSPS) is 11.2. The van der Waals surface area contributed by atoms with Gasteiger partial charge in [0.2, 0.25) is 0 Å². The minimum atomic E-state index is 0.623. The van der Waals surface area contributed by atoms with E-state index in [1.807, 2.05) is 97.1 Å². The lowest BCUT2D eigenvalue weighted by Gasteiger charge is -2.17. The fraction of sp³-hybridized carbons (Fsp3) is 0. The summed E-state index contributed by atoms with van der Waals surface area (Å²) in [6.45, 7) is 7.45. The van der Waals surface area contributed by atoms with Gasteiger partial charge < -0.3 is 4.57 Å². The molecule has 0 aliphatic carbocycles. The Morgan fingerprint density at radius 3 is 1.38 bits per heavy atom. The van der Waals surface area contributed by atoms with Crippen molar-refractivity contribution in [3.63, 3.8) is 0 Å². The van der Waals surface area contributed by atoms with Crippen molar-refractivity contribution in [1.82, 2.24) is 24.5 Å². The minimum absolute atomic E-state index is 0.623. The van der Waals surface area contributed by atoms with Gasteiger partial charge in [0, 0.05) is 44.2 Å². The van der Waals surface area contributed by atoms with Crippen molar-refractivity contribution in [3.8, 4) is 84.6 Å². The van der Waals surface area contributed by atoms with Gasteiger partial charge in [-0.25, -0.2) is 24.8 Å². The second-order valence-electron chi connectivity index (χ2n) is 15.4. The number of nitrogens with zero attached hydrogens (tertiary/aromatic N) is 6. The van der Waals surface area contributed by atoms with Gasteiger partial charge in [-0.3, -0.25) is 0 Å². The summed E-state index contributed by atoms with van der Waals surface area (Å²) in [5.74, 6) is 1.29. The Morgan fingerprint density at radius 1 is 0.333 bits per heavy atom. The molecule has 0 fully saturated rings. The second-order valence-corrected chi connectivity index (χ2v) is 15.4. The van der Waals surface area contributed by atoms with Crippen LogP contribution in [-0.4, -0.2) is 24.5 Å². The lowest BCUT2D eigenvalue weighted by atomic mass is 9.99. The van der Waals surface area contributed by atoms with Crippen LogP contribution in [-0.2, 0) is 0 Å². The Balaban J connectivity index is 1.18. The smallest absolute Gasteiger partial charge is 0.187 e. The average Bonchev–Trinajstić information content (AvgIpc) is 3.70. The van der Waals surface area contributed by atoms with Crippen LogP contribution in [0.3, 0.4) is 0 Å². The van der Waals surface area contributed by atoms with Crippen LogP contribution in [0, 0.1) is 6.57 Å². The molecule has 0 N–H and O–H groups in total. The van der Waals surface area contributed by atoms with E-state index in [1.54, 1.807) is 0 Å². The van der Waals surface area contributed by atoms with Crippen molar-refractivity contribution < 1.29 is 0 Å². The fourth-order valence-corrected chi connectivity index (χ4v) is 8.36. The molecule has 3 heterocycles. The number of benzene rings is 8. The Morgan fingerprint density at radius 2 is 0.794 bits per heavy atom. The summed E-state index contributed by atoms with van der Waals surface area (Å²) >= 11 is 0. The Bertz CT molecular complexity index is 3370. The van der Waals surface area contributed by atoms with Gasteiger partial charge in [-0.2, -0.15) is 0 Å². The lowest BCUT2D eigenvalue weighted by molar-refractivity contribution is 1.15. The van der Waals surface area contributed by atoms with Crippen molar-refractivity contribution in [2.75, 3.05) is 0 Å². The minimum Gasteiger partial charge on any atom is -0.309 e. The maximum Gasteiger partial charge on any atom is 0.187 e. The Labute approximate surface area is 365 Å². The standard InChI is InChI=1S/C57H36N6/c1-58-45-30-26-38(27-31-45)43-28-32-54-47(34-43)46-24-14-15-25-53(46)63(54)55-33-29-44(51-36-49(39-16-6-2-7-17-39)59-56(61-51)41-20-10-4-11-21-41)35-48(55)52-37-50(40-18-8-3-9-19-40)60-57(62-52)42-22-12-5-13-23-42/h2-37H. The zero-order valence-electron chi connectivity index (χ0n) is 34.0. The van der Waals surface area contributed by atoms with Crippen LogP contribution in [0.5, 0.6) is 0 Å². The summed E-state index contributed by atoms with van der Waals surface area (Å²) in [7, 11) is 0. The summed E-state index contributed by atoms with van der Waals surface area (Å²) in [4.78, 5) is 24.5. The van der Waals surface area contributed by atoms with Gasteiger partial charge in [0.15, 0.2) is 17.3 Å². The largest absolute Gasteiger partial charge is 0.309 e. The van der Waals surface area contributed by atoms with E-state index in [9.17, 15) is 0 Å². The highest BCUT2D eigenvalue weighted by atomic mass is 15.0. The fourth-order valence-electron chi connectivity index (χ4n) is 8.36. The zero-order chi connectivity index (χ0) is 42.1. The molecule has 8 aromatic carbocycles. The van der Waals surface area contributed by atoms with Crippen LogP contribution in [0.25, 0.3) is 111 Å². The molecular formula is C57H36N6. The molecule has 6 heteroatoms. The number of rotatable bonds is 8. The van der Waals surface area contributed by atoms with Gasteiger partial charge in [0.05, 0.1) is 46.1 Å². The topological polar surface area (TPSA) is 60.9 Å². The first-order valence-electron chi connectivity index (χ1n) is 20.8. The molecule has 11 aromatic rings. The molecule has 294 valence electrons. The van der Waals surface area contributed by atoms with Crippen molar-refractivity contribution in [2.45, 2.75) is 0 Å². The van der Waals surface area contributed by atoms with Crippen molar-refractivity contribution >= 4 is 27.5 Å². The van der Waals surface area contributed by atoms with E-state index in [-0.39, 0.29) is 0 Å². The van der Waals surface area contributed by atoms with Crippen molar-refractivity contribution in [2.24, 2.45) is 0 Å². The summed E-state index contributed by atoms with van der Waals surface area (Å²) in [6, 6.07) is 74.7. The van der Waals surface area contributed by atoms with Gasteiger partial charge in [-0.15, -0.1) is 0 Å². The number of hydrogen-bond acceptors (Lipinski definition) is 4. The van der Waals surface area contributed by atoms with E-state index in [1.165, 1.54) is 0 Å². The van der Waals surface area contributed by atoms with E-state index in [0.29, 0.717) is 17.3 Å². The van der Waals surface area contributed by atoms with Crippen LogP contribution in [0.2, 0.25) is 0 Å². The molecule has 0 spiro atoms. The first-order chi connectivity index (χ1) is 31.2. The third-order valence-corrected chi connectivity index (χ3v) is 11.5. The summed E-state index contributed by atoms with van der Waals surface area (Å²) in [6.07, 6.45) is 0. The zero-order valence-corrected chi connectivity index (χ0v) is 34.0. The molecule has 0 saturated carbocycles. The Kier molecular flexibility index (Phi) is 9.45. The lowest BCUT2D eigenvalue weighted by Crippen LogP contribution is -2.02. The molecule has 0 aliphatic heterocycles. The third kappa shape index (κ3) is 7.10. The van der Waals surface area contributed by atoms with E-state index in [0.717, 1.165) is 94.8 Å². The quantitative estimate of drug-likeness (QED) is 0.144. The van der Waals surface area contributed by atoms with Crippen molar-refractivity contribution in [1.29, 1.82) is 0 Å². The van der Waals surface area contributed by atoms with Gasteiger partial charge >= 0.3 is 0 Å². The molecule has 0 bridgehead atoms. The maximum absolute atomic E-state index is 7.45. The monoisotopic (exact) mass is 804 g/mol. The molecule has 0 atom stereocenters. The third-order valence-electron chi connectivity index (χ3n) is 11.5. The van der Waals surface area contributed by atoms with Crippen LogP contribution >= 0.6 is 0 Å². The predicted molar refractivity (Wildman–Crippen MR) is 256 cm³/mol. The van der Waals surface area contributed by atoms with Crippen LogP contribution < -0.4 is 0 Å². The predicted octanol–water partition coefficient (Wildman–Crippen LogP) is 14.6. The van der Waals surface area contributed by atoms with Crippen LogP contribution in [0.1, 0.15) is 0 Å². The second kappa shape index (κ2) is 16.0. The van der Waals surface area contributed by atoms with Gasteiger partial charge in [-0.05, 0) is 53.6 Å². The molecular weight excluding hydrogens is 769 g/mol. The Hall–Kier alpha value is -8.79. The average molecular weight is 805 g/mol. The molecule has 3 aromatic heterocycles. The number of fused-ring (bicyclic) bond motifs is 3. The first-order valence-corrected chi connectivity index (χ1v) is 20.8. The highest BCUT2D eigenvalue weighted by Crippen LogP contribution is 2.41. The number of hydrogen-bond donors (Lipinski definition) is 0. The van der Waals surface area contributed by atoms with Gasteiger partial charge in [-0.1, -0.05) is 176 Å². The molecule has 0 unspecified atom stereocenters. The molecule has 11 rings (SSSR count). The molecule has 6 nitrogen and oxygen atoms in total. The molecule has 0 saturated heterocycles. The molecule has 63 heavy (non-hydrogen) atoms. The number of aromatic nitrogens is 5. The van der Waals surface area contributed by atoms with Crippen molar-refractivity contribution in [3.05, 3.63) is 230 Å². The van der Waals surface area contributed by atoms with Crippen LogP contribution in [0.4, 0.5) is 5.69 Å². The maximum atomic E-state index is 7.45. The first kappa shape index (κ1) is 37.2.